The van der Waals surface area contributed by atoms with E-state index in [9.17, 15) is 9.59 Å². The fraction of sp³-hybridized carbons (Fsp3) is 0.536. The number of imidazole rings is 1. The maximum absolute atomic E-state index is 13.9. The number of carbonyl (C=O) groups excluding carboxylic acids is 2. The zero-order valence-electron chi connectivity index (χ0n) is 23.1. The number of carbonyl (C=O) groups is 2. The summed E-state index contributed by atoms with van der Waals surface area (Å²) in [5, 5.41) is 11.7. The van der Waals surface area contributed by atoms with E-state index in [1.165, 1.54) is 0 Å². The molecule has 2 amide bonds. The quantitative estimate of drug-likeness (QED) is 0.467. The van der Waals surface area contributed by atoms with Gasteiger partial charge in [0.2, 0.25) is 5.91 Å². The Balaban J connectivity index is 1.27. The molecule has 0 aliphatic carbocycles. The maximum atomic E-state index is 13.9. The first-order valence-electron chi connectivity index (χ1n) is 14.1. The molecule has 13 nitrogen and oxygen atoms in total. The van der Waals surface area contributed by atoms with E-state index in [1.54, 1.807) is 30.5 Å². The van der Waals surface area contributed by atoms with Gasteiger partial charge < -0.3 is 29.4 Å². The van der Waals surface area contributed by atoms with Crippen LogP contribution in [0.3, 0.4) is 0 Å². The van der Waals surface area contributed by atoms with Crippen molar-refractivity contribution in [3.05, 3.63) is 59.9 Å². The number of fused-ring (bicyclic) bond motifs is 4. The Kier molecular flexibility index (Phi) is 8.26. The zero-order chi connectivity index (χ0) is 28.2. The molecule has 2 N–H and O–H groups in total. The van der Waals surface area contributed by atoms with Crippen LogP contribution in [0.1, 0.15) is 47.2 Å². The van der Waals surface area contributed by atoms with Gasteiger partial charge in [-0.2, -0.15) is 0 Å². The maximum Gasteiger partial charge on any atom is 0.258 e. The second-order valence-electron chi connectivity index (χ2n) is 10.7. The van der Waals surface area contributed by atoms with E-state index < -0.39 is 6.04 Å². The number of piperazine rings is 1. The van der Waals surface area contributed by atoms with Crippen LogP contribution in [0, 0.1) is 0 Å². The first kappa shape index (κ1) is 27.4. The lowest BCUT2D eigenvalue weighted by molar-refractivity contribution is -0.130. The number of benzene rings is 1. The van der Waals surface area contributed by atoms with Gasteiger partial charge >= 0.3 is 0 Å². The molecule has 218 valence electrons. The number of nitrogens with one attached hydrogen (secondary N) is 2. The highest BCUT2D eigenvalue weighted by atomic mass is 16.5. The van der Waals surface area contributed by atoms with Crippen LogP contribution in [-0.4, -0.2) is 105 Å². The largest absolute Gasteiger partial charge is 0.493 e. The molecule has 0 radical (unpaired) electrons. The van der Waals surface area contributed by atoms with E-state index in [1.807, 2.05) is 29.1 Å². The number of hydrogen-bond acceptors (Lipinski definition) is 9. The van der Waals surface area contributed by atoms with Gasteiger partial charge in [-0.25, -0.2) is 9.67 Å². The number of nitrogens with zero attached hydrogens (tertiary/aromatic N) is 6. The summed E-state index contributed by atoms with van der Waals surface area (Å²) in [5.74, 6) is 0.902. The molecule has 0 spiro atoms. The molecule has 41 heavy (non-hydrogen) atoms. The monoisotopic (exact) mass is 564 g/mol. The molecule has 0 unspecified atom stereocenters. The molecule has 3 aliphatic rings. The number of aromatic nitrogens is 5. The fourth-order valence-corrected chi connectivity index (χ4v) is 5.93. The van der Waals surface area contributed by atoms with Gasteiger partial charge in [-0.15, -0.1) is 5.10 Å². The Morgan fingerprint density at radius 2 is 2.05 bits per heavy atom. The Morgan fingerprint density at radius 1 is 1.15 bits per heavy atom. The minimum atomic E-state index is -0.695. The summed E-state index contributed by atoms with van der Waals surface area (Å²) >= 11 is 0. The Bertz CT molecular complexity index is 1330. The van der Waals surface area contributed by atoms with Crippen molar-refractivity contribution in [1.29, 1.82) is 0 Å². The summed E-state index contributed by atoms with van der Waals surface area (Å²) in [5.41, 5.74) is 1.20. The van der Waals surface area contributed by atoms with E-state index in [0.29, 0.717) is 57.1 Å². The highest BCUT2D eigenvalue weighted by Gasteiger charge is 2.39. The highest BCUT2D eigenvalue weighted by Crippen LogP contribution is 2.31. The molecular weight excluding hydrogens is 528 g/mol. The fourth-order valence-electron chi connectivity index (χ4n) is 5.93. The number of methoxy groups -OCH3 is 1. The summed E-state index contributed by atoms with van der Waals surface area (Å²) < 4.78 is 19.7. The first-order chi connectivity index (χ1) is 20.1. The van der Waals surface area contributed by atoms with Crippen molar-refractivity contribution >= 4 is 11.8 Å². The predicted octanol–water partition coefficient (Wildman–Crippen LogP) is 1.16. The molecule has 0 saturated carbocycles. The van der Waals surface area contributed by atoms with E-state index in [0.717, 1.165) is 24.4 Å². The lowest BCUT2D eigenvalue weighted by Gasteiger charge is -2.41. The molecule has 2 aromatic heterocycles. The number of para-hydroxylation sites is 1. The van der Waals surface area contributed by atoms with Gasteiger partial charge in [-0.3, -0.25) is 14.5 Å². The normalized spacial score (nSPS) is 25.9. The standard InChI is InChI=1S/C28H36N8O5/c1-39-18-19-15-36(33-32-19)22-7-6-20-8-13-40-24-5-3-2-4-21(24)28(38)35-12-11-34(17-26-29-9-10-30-26)16-23(35)27(37)31-14-25(22)41-20/h2-5,9-10,15,20,22-23,25H,6-8,11-14,16-18H2,1H3,(H,29,30)(H,31,37)/t20-,22+,23-,25+/m0/s1. The van der Waals surface area contributed by atoms with Crippen molar-refractivity contribution in [3.63, 3.8) is 0 Å². The highest BCUT2D eigenvalue weighted by molar-refractivity contribution is 6.00. The summed E-state index contributed by atoms with van der Waals surface area (Å²) in [6.07, 6.45) is 7.30. The third-order valence-corrected chi connectivity index (χ3v) is 8.02. The van der Waals surface area contributed by atoms with Crippen molar-refractivity contribution in [3.8, 4) is 5.75 Å². The third kappa shape index (κ3) is 6.11. The average Bonchev–Trinajstić information content (AvgIpc) is 3.68. The lowest BCUT2D eigenvalue weighted by atomic mass is 9.96. The number of aromatic amines is 1. The van der Waals surface area contributed by atoms with Crippen molar-refractivity contribution in [2.24, 2.45) is 0 Å². The summed E-state index contributed by atoms with van der Waals surface area (Å²) in [6.45, 7) is 3.03. The van der Waals surface area contributed by atoms with E-state index in [4.69, 9.17) is 14.2 Å². The minimum Gasteiger partial charge on any atom is -0.493 e. The summed E-state index contributed by atoms with van der Waals surface area (Å²) in [6, 6.07) is 6.46. The van der Waals surface area contributed by atoms with Gasteiger partial charge in [0.1, 0.15) is 23.3 Å². The van der Waals surface area contributed by atoms with Crippen LogP contribution < -0.4 is 10.1 Å². The molecule has 1 aromatic carbocycles. The van der Waals surface area contributed by atoms with Gasteiger partial charge in [-0.1, -0.05) is 17.3 Å². The molecule has 6 rings (SSSR count). The summed E-state index contributed by atoms with van der Waals surface area (Å²) in [4.78, 5) is 39.0. The number of ether oxygens (including phenoxy) is 3. The van der Waals surface area contributed by atoms with Crippen LogP contribution in [-0.2, 0) is 27.4 Å². The van der Waals surface area contributed by atoms with Crippen molar-refractivity contribution < 1.29 is 23.8 Å². The molecule has 2 fully saturated rings. The number of amides is 2. The number of hydrogen-bond donors (Lipinski definition) is 2. The topological polar surface area (TPSA) is 140 Å². The number of H-pyrrole nitrogens is 1. The molecule has 13 heteroatoms. The van der Waals surface area contributed by atoms with Crippen LogP contribution >= 0.6 is 0 Å². The van der Waals surface area contributed by atoms with Crippen LogP contribution in [0.2, 0.25) is 0 Å². The molecule has 3 aromatic rings. The molecular formula is C28H36N8O5. The second kappa shape index (κ2) is 12.4. The average molecular weight is 565 g/mol. The van der Waals surface area contributed by atoms with Crippen molar-refractivity contribution in [1.82, 2.24) is 40.1 Å². The summed E-state index contributed by atoms with van der Waals surface area (Å²) in [7, 11) is 1.62. The molecule has 3 aliphatic heterocycles. The van der Waals surface area contributed by atoms with Crippen molar-refractivity contribution in [2.45, 2.75) is 56.7 Å². The molecule has 5 heterocycles. The van der Waals surface area contributed by atoms with E-state index >= 15 is 0 Å². The Hall–Kier alpha value is -3.81. The lowest BCUT2D eigenvalue weighted by Crippen LogP contribution is -2.61. The first-order valence-corrected chi connectivity index (χ1v) is 14.1. The van der Waals surface area contributed by atoms with Gasteiger partial charge in [0.15, 0.2) is 0 Å². The zero-order valence-corrected chi connectivity index (χ0v) is 23.1. The molecule has 4 atom stereocenters. The second-order valence-corrected chi connectivity index (χ2v) is 10.7. The SMILES string of the molecule is COCc1cn([C@@H]2CC[C@H]3CCOc4ccccc4C(=O)N4CCN(Cc5ncc[nH]5)C[C@H]4C(=O)NC[C@H]2O3)nn1. The Morgan fingerprint density at radius 3 is 2.90 bits per heavy atom. The van der Waals surface area contributed by atoms with Crippen LogP contribution in [0.15, 0.2) is 42.9 Å². The molecule has 2 saturated heterocycles. The van der Waals surface area contributed by atoms with E-state index in [-0.39, 0.29) is 36.6 Å². The minimum absolute atomic E-state index is 0.0455. The predicted molar refractivity (Wildman–Crippen MR) is 146 cm³/mol. The molecule has 2 bridgehead atoms. The smallest absolute Gasteiger partial charge is 0.258 e. The Labute approximate surface area is 238 Å². The van der Waals surface area contributed by atoms with E-state index in [2.05, 4.69) is 30.5 Å². The third-order valence-electron chi connectivity index (χ3n) is 8.02. The van der Waals surface area contributed by atoms with Gasteiger partial charge in [0.25, 0.3) is 5.91 Å². The van der Waals surface area contributed by atoms with Gasteiger partial charge in [0, 0.05) is 52.1 Å². The van der Waals surface area contributed by atoms with Gasteiger partial charge in [0.05, 0.1) is 49.8 Å². The van der Waals surface area contributed by atoms with Crippen LogP contribution in [0.5, 0.6) is 5.75 Å². The number of rotatable bonds is 5. The van der Waals surface area contributed by atoms with Gasteiger partial charge in [-0.05, 0) is 25.0 Å². The van der Waals surface area contributed by atoms with Crippen LogP contribution in [0.4, 0.5) is 0 Å². The van der Waals surface area contributed by atoms with Crippen molar-refractivity contribution in [2.75, 3.05) is 39.9 Å². The van der Waals surface area contributed by atoms with Crippen LogP contribution in [0.25, 0.3) is 0 Å².